The summed E-state index contributed by atoms with van der Waals surface area (Å²) in [6.45, 7) is 1.67. The third-order valence-electron chi connectivity index (χ3n) is 8.46. The Balaban J connectivity index is 1.34. The van der Waals surface area contributed by atoms with Crippen molar-refractivity contribution in [3.8, 4) is 11.5 Å². The maximum absolute atomic E-state index is 13.8. The van der Waals surface area contributed by atoms with Gasteiger partial charge in [-0.25, -0.2) is 4.98 Å². The summed E-state index contributed by atoms with van der Waals surface area (Å²) in [5.74, 6) is 1.98. The third-order valence-corrected chi connectivity index (χ3v) is 8.46. The molecule has 1 aliphatic carbocycles. The van der Waals surface area contributed by atoms with E-state index in [9.17, 15) is 9.59 Å². The Hall–Kier alpha value is -3.75. The number of hydrogen-bond acceptors (Lipinski definition) is 6. The first-order valence-corrected chi connectivity index (χ1v) is 14.8. The molecule has 2 fully saturated rings. The normalized spacial score (nSPS) is 21.7. The number of ether oxygens (including phenoxy) is 1. The quantitative estimate of drug-likeness (QED) is 0.322. The van der Waals surface area contributed by atoms with Gasteiger partial charge in [0.05, 0.1) is 0 Å². The molecule has 2 aromatic carbocycles. The number of nitrogens with zero attached hydrogens (tertiary/aromatic N) is 2. The van der Waals surface area contributed by atoms with E-state index in [-0.39, 0.29) is 23.8 Å². The number of pyridine rings is 1. The van der Waals surface area contributed by atoms with Gasteiger partial charge < -0.3 is 21.1 Å². The number of likely N-dealkylation sites (tertiary alicyclic amines) is 1. The van der Waals surface area contributed by atoms with E-state index in [2.05, 4.69) is 27.6 Å². The third kappa shape index (κ3) is 7.51. The highest BCUT2D eigenvalue weighted by Crippen LogP contribution is 2.34. The number of hydrogen-bond donors (Lipinski definition) is 3. The van der Waals surface area contributed by atoms with Crippen molar-refractivity contribution in [2.75, 3.05) is 25.5 Å². The summed E-state index contributed by atoms with van der Waals surface area (Å²) < 4.78 is 6.02. The Bertz CT molecular complexity index is 1310. The molecule has 0 spiro atoms. The Morgan fingerprint density at radius 1 is 1.00 bits per heavy atom. The molecule has 2 atom stereocenters. The summed E-state index contributed by atoms with van der Waals surface area (Å²) in [4.78, 5) is 34.1. The van der Waals surface area contributed by atoms with Crippen LogP contribution in [-0.4, -0.2) is 47.9 Å². The highest BCUT2D eigenvalue weighted by atomic mass is 16.5. The smallest absolute Gasteiger partial charge is 0.248 e. The molecule has 8 nitrogen and oxygen atoms in total. The van der Waals surface area contributed by atoms with Gasteiger partial charge in [-0.1, -0.05) is 36.4 Å². The highest BCUT2D eigenvalue weighted by molar-refractivity contribution is 5.97. The van der Waals surface area contributed by atoms with Crippen molar-refractivity contribution < 1.29 is 14.3 Å². The lowest BCUT2D eigenvalue weighted by molar-refractivity contribution is -0.130. The van der Waals surface area contributed by atoms with Gasteiger partial charge in [0.15, 0.2) is 0 Å². The van der Waals surface area contributed by atoms with Gasteiger partial charge >= 0.3 is 0 Å². The molecule has 5 rings (SSSR count). The minimum absolute atomic E-state index is 0.0749. The van der Waals surface area contributed by atoms with Gasteiger partial charge in [0.25, 0.3) is 0 Å². The van der Waals surface area contributed by atoms with Crippen molar-refractivity contribution in [2.45, 2.75) is 57.0 Å². The van der Waals surface area contributed by atoms with Crippen molar-refractivity contribution in [3.05, 3.63) is 84.1 Å². The summed E-state index contributed by atoms with van der Waals surface area (Å²) in [6.07, 6.45) is 7.62. The number of benzene rings is 2. The molecule has 41 heavy (non-hydrogen) atoms. The van der Waals surface area contributed by atoms with Crippen LogP contribution in [0.2, 0.25) is 0 Å². The van der Waals surface area contributed by atoms with Crippen LogP contribution in [0.25, 0.3) is 0 Å². The van der Waals surface area contributed by atoms with E-state index in [1.165, 1.54) is 0 Å². The fourth-order valence-electron chi connectivity index (χ4n) is 6.05. The average molecular weight is 556 g/mol. The lowest BCUT2D eigenvalue weighted by Crippen LogP contribution is -2.48. The molecule has 1 saturated heterocycles. The summed E-state index contributed by atoms with van der Waals surface area (Å²) in [5.41, 5.74) is 7.75. The van der Waals surface area contributed by atoms with Crippen molar-refractivity contribution in [1.29, 1.82) is 0 Å². The first-order valence-electron chi connectivity index (χ1n) is 14.8. The Labute approximate surface area is 242 Å². The summed E-state index contributed by atoms with van der Waals surface area (Å²) in [6, 6.07) is 20.6. The van der Waals surface area contributed by atoms with Gasteiger partial charge in [0.1, 0.15) is 23.4 Å². The van der Waals surface area contributed by atoms with Gasteiger partial charge in [0.2, 0.25) is 11.8 Å². The average Bonchev–Trinajstić information content (AvgIpc) is 3.43. The second-order valence-electron chi connectivity index (χ2n) is 11.4. The molecule has 4 N–H and O–H groups in total. The molecule has 216 valence electrons. The van der Waals surface area contributed by atoms with Crippen LogP contribution in [0.15, 0.2) is 72.9 Å². The lowest BCUT2D eigenvalue weighted by atomic mass is 9.81. The number of anilines is 1. The molecule has 2 aliphatic rings. The number of carbonyl (C=O) groups excluding carboxylic acids is 2. The number of amides is 2. The number of aromatic nitrogens is 1. The number of rotatable bonds is 10. The van der Waals surface area contributed by atoms with Crippen molar-refractivity contribution >= 4 is 17.6 Å². The SMILES string of the molecule is CN1CCC[C@H]1c1cccnc1NC(=O)[C@H](Cc1cccc(Oc2ccccc2)c1)NC(=O)C1CCC(CN)CC1. The van der Waals surface area contributed by atoms with Crippen LogP contribution in [0.3, 0.4) is 0 Å². The van der Waals surface area contributed by atoms with Crippen LogP contribution in [0.1, 0.15) is 55.7 Å². The topological polar surface area (TPSA) is 110 Å². The predicted molar refractivity (Wildman–Crippen MR) is 161 cm³/mol. The molecule has 3 aromatic rings. The van der Waals surface area contributed by atoms with E-state index in [4.69, 9.17) is 10.5 Å². The van der Waals surface area contributed by atoms with Crippen molar-refractivity contribution in [3.63, 3.8) is 0 Å². The fraction of sp³-hybridized carbons (Fsp3) is 0.424. The van der Waals surface area contributed by atoms with Crippen LogP contribution in [0.4, 0.5) is 5.82 Å². The van der Waals surface area contributed by atoms with E-state index >= 15 is 0 Å². The molecule has 1 aromatic heterocycles. The van der Waals surface area contributed by atoms with E-state index in [1.54, 1.807) is 6.20 Å². The van der Waals surface area contributed by atoms with Crippen LogP contribution < -0.4 is 21.1 Å². The van der Waals surface area contributed by atoms with E-state index in [0.29, 0.717) is 30.5 Å². The van der Waals surface area contributed by atoms with Crippen molar-refractivity contribution in [2.24, 2.45) is 17.6 Å². The summed E-state index contributed by atoms with van der Waals surface area (Å²) in [5, 5.41) is 6.16. The zero-order chi connectivity index (χ0) is 28.6. The van der Waals surface area contributed by atoms with E-state index in [0.717, 1.165) is 61.9 Å². The second-order valence-corrected chi connectivity index (χ2v) is 11.4. The van der Waals surface area contributed by atoms with Gasteiger partial charge in [-0.2, -0.15) is 0 Å². The summed E-state index contributed by atoms with van der Waals surface area (Å²) in [7, 11) is 2.10. The monoisotopic (exact) mass is 555 g/mol. The minimum Gasteiger partial charge on any atom is -0.457 e. The lowest BCUT2D eigenvalue weighted by Gasteiger charge is -2.28. The van der Waals surface area contributed by atoms with Crippen LogP contribution in [0.5, 0.6) is 11.5 Å². The molecule has 1 aliphatic heterocycles. The molecule has 1 saturated carbocycles. The first kappa shape index (κ1) is 28.8. The molecule has 0 unspecified atom stereocenters. The Kier molecular flexibility index (Phi) is 9.64. The van der Waals surface area contributed by atoms with Gasteiger partial charge in [-0.15, -0.1) is 0 Å². The van der Waals surface area contributed by atoms with Gasteiger partial charge in [-0.05, 0) is 100 Å². The molecule has 0 bridgehead atoms. The Morgan fingerprint density at radius 3 is 2.51 bits per heavy atom. The predicted octanol–water partition coefficient (Wildman–Crippen LogP) is 5.07. The number of para-hydroxylation sites is 1. The standard InChI is InChI=1S/C33H41N5O3/c1-38-19-7-13-30(38)28-12-6-18-35-31(28)37-33(40)29(36-32(39)25-16-14-23(22-34)15-17-25)21-24-8-5-11-27(20-24)41-26-9-3-2-4-10-26/h2-6,8-12,18,20,23,25,29-30H,7,13-17,19,21-22,34H2,1H3,(H,36,39)(H,35,37,40)/t23?,25?,29-,30-/m0/s1. The molecule has 0 radical (unpaired) electrons. The van der Waals surface area contributed by atoms with E-state index < -0.39 is 6.04 Å². The largest absolute Gasteiger partial charge is 0.457 e. The molecule has 2 heterocycles. The zero-order valence-corrected chi connectivity index (χ0v) is 23.8. The highest BCUT2D eigenvalue weighted by Gasteiger charge is 2.31. The second kappa shape index (κ2) is 13.7. The summed E-state index contributed by atoms with van der Waals surface area (Å²) >= 11 is 0. The van der Waals surface area contributed by atoms with Crippen molar-refractivity contribution in [1.82, 2.24) is 15.2 Å². The maximum Gasteiger partial charge on any atom is 0.248 e. The van der Waals surface area contributed by atoms with Crippen LogP contribution in [-0.2, 0) is 16.0 Å². The van der Waals surface area contributed by atoms with Gasteiger partial charge in [-0.3, -0.25) is 14.5 Å². The number of nitrogens with two attached hydrogens (primary N) is 1. The van der Waals surface area contributed by atoms with E-state index in [1.807, 2.05) is 66.7 Å². The van der Waals surface area contributed by atoms with Crippen LogP contribution >= 0.6 is 0 Å². The molecular formula is C33H41N5O3. The molecular weight excluding hydrogens is 514 g/mol. The van der Waals surface area contributed by atoms with Crippen LogP contribution in [0, 0.1) is 11.8 Å². The number of nitrogens with one attached hydrogen (secondary N) is 2. The minimum atomic E-state index is -0.766. The molecule has 2 amide bonds. The fourth-order valence-corrected chi connectivity index (χ4v) is 6.05. The number of carbonyl (C=O) groups is 2. The Morgan fingerprint density at radius 2 is 1.78 bits per heavy atom. The first-order chi connectivity index (χ1) is 20.0. The molecule has 8 heteroatoms. The van der Waals surface area contributed by atoms with Gasteiger partial charge in [0, 0.05) is 30.1 Å². The zero-order valence-electron chi connectivity index (χ0n) is 23.8. The maximum atomic E-state index is 13.8.